The molecule has 0 bridgehead atoms. The van der Waals surface area contributed by atoms with E-state index in [4.69, 9.17) is 4.74 Å². The first kappa shape index (κ1) is 14.3. The fourth-order valence-electron chi connectivity index (χ4n) is 3.41. The van der Waals surface area contributed by atoms with Crippen LogP contribution in [0.3, 0.4) is 0 Å². The van der Waals surface area contributed by atoms with Crippen molar-refractivity contribution in [2.75, 3.05) is 26.7 Å². The van der Waals surface area contributed by atoms with Gasteiger partial charge in [0.2, 0.25) is 0 Å². The normalized spacial score (nSPS) is 32.8. The highest BCUT2D eigenvalue weighted by atomic mass is 16.5. The number of nitrogens with zero attached hydrogens (tertiary/aromatic N) is 1. The second-order valence-electron chi connectivity index (χ2n) is 6.57. The first-order valence-electron chi connectivity index (χ1n) is 7.67. The summed E-state index contributed by atoms with van der Waals surface area (Å²) in [5.74, 6) is 0. The maximum atomic E-state index is 6.15. The maximum absolute atomic E-state index is 6.15. The Balaban J connectivity index is 1.82. The number of ether oxygens (including phenoxy) is 1. The van der Waals surface area contributed by atoms with E-state index in [2.05, 4.69) is 31.1 Å². The monoisotopic (exact) mass is 254 g/mol. The summed E-state index contributed by atoms with van der Waals surface area (Å²) in [5, 5.41) is 3.28. The van der Waals surface area contributed by atoms with Crippen molar-refractivity contribution in [2.45, 2.75) is 70.1 Å². The summed E-state index contributed by atoms with van der Waals surface area (Å²) in [5.41, 5.74) is 0.112. The van der Waals surface area contributed by atoms with Crippen molar-refractivity contribution in [3.8, 4) is 0 Å². The molecule has 3 nitrogen and oxygen atoms in total. The molecule has 0 radical (unpaired) electrons. The van der Waals surface area contributed by atoms with Gasteiger partial charge in [0.25, 0.3) is 0 Å². The SMILES string of the molecule is CNCCC1CCCCN1CC1CCC(C)(C)O1. The lowest BCUT2D eigenvalue weighted by Gasteiger charge is -2.37. The molecule has 0 amide bonds. The smallest absolute Gasteiger partial charge is 0.0710 e. The quantitative estimate of drug-likeness (QED) is 0.815. The van der Waals surface area contributed by atoms with Crippen LogP contribution in [0.1, 0.15) is 52.4 Å². The van der Waals surface area contributed by atoms with Crippen LogP contribution in [0.4, 0.5) is 0 Å². The zero-order chi connectivity index (χ0) is 13.0. The second-order valence-corrected chi connectivity index (χ2v) is 6.57. The zero-order valence-electron chi connectivity index (χ0n) is 12.4. The number of likely N-dealkylation sites (tertiary alicyclic amines) is 1. The van der Waals surface area contributed by atoms with Crippen LogP contribution in [-0.2, 0) is 4.74 Å². The molecule has 2 fully saturated rings. The molecule has 106 valence electrons. The highest BCUT2D eigenvalue weighted by molar-refractivity contribution is 4.86. The van der Waals surface area contributed by atoms with Gasteiger partial charge in [-0.1, -0.05) is 6.42 Å². The summed E-state index contributed by atoms with van der Waals surface area (Å²) < 4.78 is 6.15. The third-order valence-electron chi connectivity index (χ3n) is 4.47. The molecule has 0 spiro atoms. The van der Waals surface area contributed by atoms with Crippen LogP contribution in [0.25, 0.3) is 0 Å². The van der Waals surface area contributed by atoms with Gasteiger partial charge in [0.05, 0.1) is 11.7 Å². The van der Waals surface area contributed by atoms with Gasteiger partial charge in [-0.3, -0.25) is 4.90 Å². The number of hydrogen-bond acceptors (Lipinski definition) is 3. The topological polar surface area (TPSA) is 24.5 Å². The van der Waals surface area contributed by atoms with E-state index in [0.29, 0.717) is 6.10 Å². The molecule has 2 saturated heterocycles. The summed E-state index contributed by atoms with van der Waals surface area (Å²) in [6.45, 7) is 8.01. The fourth-order valence-corrected chi connectivity index (χ4v) is 3.41. The molecule has 0 aromatic heterocycles. The molecule has 1 N–H and O–H groups in total. The Bertz CT molecular complexity index is 255. The number of nitrogens with one attached hydrogen (secondary N) is 1. The Morgan fingerprint density at radius 1 is 1.28 bits per heavy atom. The van der Waals surface area contributed by atoms with E-state index in [1.165, 1.54) is 45.1 Å². The van der Waals surface area contributed by atoms with Crippen LogP contribution in [0.5, 0.6) is 0 Å². The zero-order valence-corrected chi connectivity index (χ0v) is 12.4. The number of piperidine rings is 1. The molecule has 2 unspecified atom stereocenters. The summed E-state index contributed by atoms with van der Waals surface area (Å²) in [4.78, 5) is 2.69. The lowest BCUT2D eigenvalue weighted by molar-refractivity contribution is -0.0377. The minimum absolute atomic E-state index is 0.112. The predicted molar refractivity (Wildman–Crippen MR) is 75.9 cm³/mol. The first-order valence-corrected chi connectivity index (χ1v) is 7.67. The van der Waals surface area contributed by atoms with Gasteiger partial charge in [0.15, 0.2) is 0 Å². The van der Waals surface area contributed by atoms with Crippen molar-refractivity contribution in [1.29, 1.82) is 0 Å². The predicted octanol–water partition coefficient (Wildman–Crippen LogP) is 2.41. The molecule has 0 aromatic rings. The van der Waals surface area contributed by atoms with Gasteiger partial charge in [-0.05, 0) is 66.1 Å². The van der Waals surface area contributed by atoms with E-state index in [0.717, 1.165) is 19.1 Å². The maximum Gasteiger partial charge on any atom is 0.0710 e. The minimum atomic E-state index is 0.112. The van der Waals surface area contributed by atoms with Crippen molar-refractivity contribution in [2.24, 2.45) is 0 Å². The molecule has 0 aliphatic carbocycles. The molecule has 2 atom stereocenters. The largest absolute Gasteiger partial charge is 0.371 e. The summed E-state index contributed by atoms with van der Waals surface area (Å²) in [7, 11) is 2.05. The van der Waals surface area contributed by atoms with Crippen molar-refractivity contribution >= 4 is 0 Å². The molecule has 0 aromatic carbocycles. The Hall–Kier alpha value is -0.120. The van der Waals surface area contributed by atoms with E-state index in [9.17, 15) is 0 Å². The molecule has 2 aliphatic heterocycles. The lowest BCUT2D eigenvalue weighted by atomic mass is 9.98. The third-order valence-corrected chi connectivity index (χ3v) is 4.47. The van der Waals surface area contributed by atoms with Crippen molar-refractivity contribution < 1.29 is 4.74 Å². The van der Waals surface area contributed by atoms with E-state index in [1.54, 1.807) is 0 Å². The molecular formula is C15H30N2O. The van der Waals surface area contributed by atoms with E-state index >= 15 is 0 Å². The Morgan fingerprint density at radius 3 is 2.78 bits per heavy atom. The van der Waals surface area contributed by atoms with Crippen LogP contribution < -0.4 is 5.32 Å². The average molecular weight is 254 g/mol. The average Bonchev–Trinajstić information content (AvgIpc) is 2.68. The van der Waals surface area contributed by atoms with Crippen LogP contribution in [-0.4, -0.2) is 49.3 Å². The summed E-state index contributed by atoms with van der Waals surface area (Å²) in [6.07, 6.45) is 8.35. The van der Waals surface area contributed by atoms with Gasteiger partial charge < -0.3 is 10.1 Å². The highest BCUT2D eigenvalue weighted by Crippen LogP contribution is 2.31. The summed E-state index contributed by atoms with van der Waals surface area (Å²) in [6, 6.07) is 0.776. The molecular weight excluding hydrogens is 224 g/mol. The molecule has 2 aliphatic rings. The Labute approximate surface area is 112 Å². The van der Waals surface area contributed by atoms with Crippen molar-refractivity contribution in [3.63, 3.8) is 0 Å². The third kappa shape index (κ3) is 3.94. The van der Waals surface area contributed by atoms with Crippen LogP contribution in [0, 0.1) is 0 Å². The van der Waals surface area contributed by atoms with Gasteiger partial charge in [0, 0.05) is 12.6 Å². The van der Waals surface area contributed by atoms with Crippen LogP contribution in [0.2, 0.25) is 0 Å². The van der Waals surface area contributed by atoms with Gasteiger partial charge in [0.1, 0.15) is 0 Å². The van der Waals surface area contributed by atoms with Crippen LogP contribution in [0.15, 0.2) is 0 Å². The Morgan fingerprint density at radius 2 is 2.11 bits per heavy atom. The molecule has 3 heteroatoms. The first-order chi connectivity index (χ1) is 8.61. The van der Waals surface area contributed by atoms with Crippen molar-refractivity contribution in [3.05, 3.63) is 0 Å². The van der Waals surface area contributed by atoms with Gasteiger partial charge in [-0.15, -0.1) is 0 Å². The second kappa shape index (κ2) is 6.36. The van der Waals surface area contributed by atoms with E-state index < -0.39 is 0 Å². The molecule has 0 saturated carbocycles. The fraction of sp³-hybridized carbons (Fsp3) is 1.00. The molecule has 18 heavy (non-hydrogen) atoms. The summed E-state index contributed by atoms with van der Waals surface area (Å²) >= 11 is 0. The van der Waals surface area contributed by atoms with Gasteiger partial charge >= 0.3 is 0 Å². The molecule has 2 rings (SSSR count). The molecule has 2 heterocycles. The lowest BCUT2D eigenvalue weighted by Crippen LogP contribution is -2.45. The van der Waals surface area contributed by atoms with E-state index in [1.807, 2.05) is 0 Å². The van der Waals surface area contributed by atoms with Gasteiger partial charge in [-0.25, -0.2) is 0 Å². The number of rotatable bonds is 5. The highest BCUT2D eigenvalue weighted by Gasteiger charge is 2.34. The van der Waals surface area contributed by atoms with Crippen LogP contribution >= 0.6 is 0 Å². The standard InChI is InChI=1S/C15H30N2O/c1-15(2)9-7-14(18-15)12-17-11-5-4-6-13(17)8-10-16-3/h13-14,16H,4-12H2,1-3H3. The van der Waals surface area contributed by atoms with Gasteiger partial charge in [-0.2, -0.15) is 0 Å². The van der Waals surface area contributed by atoms with E-state index in [-0.39, 0.29) is 5.60 Å². The Kier molecular flexibility index (Phi) is 5.05. The van der Waals surface area contributed by atoms with Crippen molar-refractivity contribution in [1.82, 2.24) is 10.2 Å². The number of hydrogen-bond donors (Lipinski definition) is 1. The minimum Gasteiger partial charge on any atom is -0.371 e.